The lowest BCUT2D eigenvalue weighted by Gasteiger charge is -2.21. The Morgan fingerprint density at radius 1 is 1.15 bits per heavy atom. The number of nitrogen functional groups attached to an aromatic ring is 1. The smallest absolute Gasteiger partial charge is 0.254 e. The van der Waals surface area contributed by atoms with Gasteiger partial charge in [0.1, 0.15) is 23.1 Å². The second-order valence-electron chi connectivity index (χ2n) is 8.52. The van der Waals surface area contributed by atoms with Crippen molar-refractivity contribution >= 4 is 27.7 Å². The summed E-state index contributed by atoms with van der Waals surface area (Å²) in [5.41, 5.74) is 13.9. The summed E-state index contributed by atoms with van der Waals surface area (Å²) in [4.78, 5) is 21.8. The van der Waals surface area contributed by atoms with Crippen LogP contribution in [0.2, 0.25) is 0 Å². The van der Waals surface area contributed by atoms with E-state index in [1.807, 2.05) is 0 Å². The van der Waals surface area contributed by atoms with E-state index in [-0.39, 0.29) is 17.9 Å². The molecule has 5 N–H and O–H groups in total. The Morgan fingerprint density at radius 3 is 2.59 bits per heavy atom. The number of nitrogens with one attached hydrogen (secondary N) is 1. The highest BCUT2D eigenvalue weighted by molar-refractivity contribution is 9.10. The third-order valence-electron chi connectivity index (χ3n) is 6.16. The van der Waals surface area contributed by atoms with Gasteiger partial charge in [-0.2, -0.15) is 0 Å². The first kappa shape index (κ1) is 24.2. The molecule has 2 aromatic carbocycles. The third-order valence-corrected chi connectivity index (χ3v) is 6.62. The summed E-state index contributed by atoms with van der Waals surface area (Å²) < 4.78 is 29.3. The highest BCUT2D eigenvalue weighted by Crippen LogP contribution is 2.33. The fraction of sp³-hybridized carbons (Fsp3) is 0.320. The topological polar surface area (TPSA) is 107 Å². The van der Waals surface area contributed by atoms with Crippen molar-refractivity contribution in [2.24, 2.45) is 5.73 Å². The summed E-state index contributed by atoms with van der Waals surface area (Å²) in [6.45, 7) is 0.0153. The molecule has 1 heterocycles. The molecule has 1 aliphatic carbocycles. The number of carbonyl (C=O) groups excluding carboxylic acids is 1. The molecule has 178 valence electrons. The van der Waals surface area contributed by atoms with E-state index in [9.17, 15) is 9.18 Å². The van der Waals surface area contributed by atoms with Gasteiger partial charge < -0.3 is 16.8 Å². The number of nitrogens with two attached hydrogens (primary N) is 2. The maximum atomic E-state index is 15.0. The lowest BCUT2D eigenvalue weighted by Crippen LogP contribution is -2.34. The van der Waals surface area contributed by atoms with Crippen LogP contribution in [0.1, 0.15) is 65.7 Å². The predicted octanol–water partition coefficient (Wildman–Crippen LogP) is 5.24. The first-order valence-corrected chi connectivity index (χ1v) is 12.0. The second-order valence-corrected chi connectivity index (χ2v) is 9.44. The number of amides is 1. The zero-order valence-electron chi connectivity index (χ0n) is 18.5. The Balaban J connectivity index is 1.56. The van der Waals surface area contributed by atoms with Crippen molar-refractivity contribution in [2.75, 3.05) is 12.3 Å². The number of hydrogen-bond donors (Lipinski definition) is 3. The van der Waals surface area contributed by atoms with Gasteiger partial charge in [-0.15, -0.1) is 0 Å². The van der Waals surface area contributed by atoms with Crippen LogP contribution in [0, 0.1) is 11.6 Å². The van der Waals surface area contributed by atoms with Gasteiger partial charge in [-0.05, 0) is 48.7 Å². The molecule has 1 aromatic heterocycles. The summed E-state index contributed by atoms with van der Waals surface area (Å²) in [6.07, 6.45) is 7.33. The number of anilines is 1. The number of nitrogens with zero attached hydrogens (tertiary/aromatic N) is 2. The third kappa shape index (κ3) is 5.42. The molecule has 0 radical (unpaired) electrons. The highest BCUT2D eigenvalue weighted by atomic mass is 79.9. The number of aromatic nitrogens is 2. The minimum Gasteiger partial charge on any atom is -0.382 e. The lowest BCUT2D eigenvalue weighted by molar-refractivity contribution is 0.0933. The van der Waals surface area contributed by atoms with Crippen molar-refractivity contribution in [1.82, 2.24) is 15.3 Å². The Hall–Kier alpha value is -2.91. The van der Waals surface area contributed by atoms with Crippen LogP contribution < -0.4 is 16.8 Å². The van der Waals surface area contributed by atoms with Gasteiger partial charge in [0.2, 0.25) is 0 Å². The molecule has 0 unspecified atom stereocenters. The maximum absolute atomic E-state index is 15.0. The molecule has 0 spiro atoms. The minimum absolute atomic E-state index is 0.0153. The molecule has 0 saturated heterocycles. The lowest BCUT2D eigenvalue weighted by atomic mass is 9.87. The number of rotatable bonds is 6. The summed E-state index contributed by atoms with van der Waals surface area (Å²) in [5, 5.41) is 2.67. The van der Waals surface area contributed by atoms with E-state index >= 15 is 4.39 Å². The van der Waals surface area contributed by atoms with Crippen molar-refractivity contribution in [3.05, 3.63) is 75.5 Å². The number of halogens is 3. The Kier molecular flexibility index (Phi) is 7.53. The number of hydrogen-bond acceptors (Lipinski definition) is 5. The zero-order chi connectivity index (χ0) is 24.2. The van der Waals surface area contributed by atoms with E-state index in [1.165, 1.54) is 30.7 Å². The molecule has 6 nitrogen and oxygen atoms in total. The molecule has 1 aliphatic rings. The average Bonchev–Trinajstić information content (AvgIpc) is 2.82. The summed E-state index contributed by atoms with van der Waals surface area (Å²) in [5.74, 6) is -1.32. The van der Waals surface area contributed by atoms with Crippen LogP contribution >= 0.6 is 15.9 Å². The molecule has 0 bridgehead atoms. The molecular weight excluding hydrogens is 504 g/mol. The van der Waals surface area contributed by atoms with E-state index in [1.54, 1.807) is 18.3 Å². The van der Waals surface area contributed by atoms with Gasteiger partial charge in [-0.3, -0.25) is 4.79 Å². The van der Waals surface area contributed by atoms with Gasteiger partial charge in [-0.25, -0.2) is 18.7 Å². The molecule has 3 aromatic rings. The molecule has 34 heavy (non-hydrogen) atoms. The van der Waals surface area contributed by atoms with Gasteiger partial charge in [-0.1, -0.05) is 41.3 Å². The first-order chi connectivity index (χ1) is 16.4. The molecule has 1 fully saturated rings. The van der Waals surface area contributed by atoms with Crippen LogP contribution in [-0.2, 0) is 0 Å². The van der Waals surface area contributed by atoms with E-state index < -0.39 is 23.6 Å². The molecule has 1 amide bonds. The van der Waals surface area contributed by atoms with Gasteiger partial charge in [0.15, 0.2) is 0 Å². The summed E-state index contributed by atoms with van der Waals surface area (Å²) >= 11 is 3.22. The molecule has 1 saturated carbocycles. The van der Waals surface area contributed by atoms with Gasteiger partial charge in [0.05, 0.1) is 23.5 Å². The summed E-state index contributed by atoms with van der Waals surface area (Å²) in [7, 11) is 0. The predicted molar refractivity (Wildman–Crippen MR) is 131 cm³/mol. The molecule has 1 atom stereocenters. The average molecular weight is 530 g/mol. The molecule has 0 aliphatic heterocycles. The molecule has 4 rings (SSSR count). The van der Waals surface area contributed by atoms with Crippen LogP contribution in [0.4, 0.5) is 14.6 Å². The van der Waals surface area contributed by atoms with Gasteiger partial charge >= 0.3 is 0 Å². The second kappa shape index (κ2) is 10.6. The van der Waals surface area contributed by atoms with E-state index in [0.29, 0.717) is 27.2 Å². The van der Waals surface area contributed by atoms with E-state index in [0.717, 1.165) is 31.4 Å². The molecule has 9 heteroatoms. The quantitative estimate of drug-likeness (QED) is 0.404. The fourth-order valence-electron chi connectivity index (χ4n) is 4.36. The Morgan fingerprint density at radius 2 is 1.91 bits per heavy atom. The standard InChI is InChI=1S/C25H26BrF2N5O/c26-17-8-16(9-18(27)11-17)21(12-29)33-25(34)19-7-6-15(10-20(19)28)23-24(30)31-13-22(32-23)14-4-2-1-3-5-14/h6-11,13-14,21H,1-5,12,29H2,(H2,30,31)(H,33,34)/t21-/m1/s1. The van der Waals surface area contributed by atoms with E-state index in [2.05, 4.69) is 31.2 Å². The van der Waals surface area contributed by atoms with E-state index in [4.69, 9.17) is 11.5 Å². The fourth-order valence-corrected chi connectivity index (χ4v) is 4.84. The normalized spacial score (nSPS) is 15.2. The zero-order valence-corrected chi connectivity index (χ0v) is 20.1. The van der Waals surface area contributed by atoms with Crippen molar-refractivity contribution in [1.29, 1.82) is 0 Å². The Bertz CT molecular complexity index is 1180. The van der Waals surface area contributed by atoms with Crippen LogP contribution in [0.15, 0.2) is 47.1 Å². The van der Waals surface area contributed by atoms with Crippen LogP contribution in [0.25, 0.3) is 11.3 Å². The largest absolute Gasteiger partial charge is 0.382 e. The van der Waals surface area contributed by atoms with Crippen molar-refractivity contribution in [2.45, 2.75) is 44.1 Å². The SMILES string of the molecule is NC[C@@H](NC(=O)c1ccc(-c2nc(C3CCCCC3)cnc2N)cc1F)c1cc(F)cc(Br)c1. The maximum Gasteiger partial charge on any atom is 0.254 e. The summed E-state index contributed by atoms with van der Waals surface area (Å²) in [6, 6.07) is 7.75. The van der Waals surface area contributed by atoms with Crippen molar-refractivity contribution < 1.29 is 13.6 Å². The van der Waals surface area contributed by atoms with Crippen molar-refractivity contribution in [3.8, 4) is 11.3 Å². The molecular formula is C25H26BrF2N5O. The number of carbonyl (C=O) groups is 1. The van der Waals surface area contributed by atoms with Crippen molar-refractivity contribution in [3.63, 3.8) is 0 Å². The van der Waals surface area contributed by atoms with Gasteiger partial charge in [0.25, 0.3) is 5.91 Å². The Labute approximate surface area is 205 Å². The van der Waals surface area contributed by atoms with Crippen LogP contribution in [0.3, 0.4) is 0 Å². The highest BCUT2D eigenvalue weighted by Gasteiger charge is 2.21. The number of benzene rings is 2. The van der Waals surface area contributed by atoms with Crippen LogP contribution in [0.5, 0.6) is 0 Å². The monoisotopic (exact) mass is 529 g/mol. The minimum atomic E-state index is -0.726. The van der Waals surface area contributed by atoms with Crippen LogP contribution in [-0.4, -0.2) is 22.4 Å². The first-order valence-electron chi connectivity index (χ1n) is 11.2. The van der Waals surface area contributed by atoms with Gasteiger partial charge in [0, 0.05) is 22.5 Å².